The Bertz CT molecular complexity index is 1000. The van der Waals surface area contributed by atoms with Crippen molar-refractivity contribution >= 4 is 23.6 Å². The van der Waals surface area contributed by atoms with Crippen LogP contribution in [0.5, 0.6) is 17.2 Å². The second-order valence-electron chi connectivity index (χ2n) is 7.53. The Morgan fingerprint density at radius 1 is 1.25 bits per heavy atom. The molecule has 1 atom stereocenters. The molecule has 1 heterocycles. The summed E-state index contributed by atoms with van der Waals surface area (Å²) < 4.78 is 16.8. The molecule has 1 N–H and O–H groups in total. The smallest absolute Gasteiger partial charge is 0.247 e. The zero-order valence-corrected chi connectivity index (χ0v) is 19.0. The maximum absolute atomic E-state index is 12.8. The lowest BCUT2D eigenvalue weighted by Gasteiger charge is -2.19. The van der Waals surface area contributed by atoms with E-state index in [1.807, 2.05) is 32.9 Å². The van der Waals surface area contributed by atoms with Gasteiger partial charge in [-0.25, -0.2) is 0 Å². The SMILES string of the molecule is CCOc1cc2c(cc1/C=C/C(=O)N(CC)CC(=O)Nc1cccc(OC)c1)OC(C)C2. The van der Waals surface area contributed by atoms with Gasteiger partial charge in [0.05, 0.1) is 13.7 Å². The Labute approximate surface area is 189 Å². The predicted molar refractivity (Wildman–Crippen MR) is 124 cm³/mol. The summed E-state index contributed by atoms with van der Waals surface area (Å²) in [6.45, 7) is 6.65. The molecule has 2 aromatic carbocycles. The average molecular weight is 439 g/mol. The molecular weight excluding hydrogens is 408 g/mol. The summed E-state index contributed by atoms with van der Waals surface area (Å²) in [6, 6.07) is 11.0. The van der Waals surface area contributed by atoms with Crippen molar-refractivity contribution in [1.29, 1.82) is 0 Å². The summed E-state index contributed by atoms with van der Waals surface area (Å²) in [5.41, 5.74) is 2.49. The number of benzene rings is 2. The van der Waals surface area contributed by atoms with Gasteiger partial charge in [-0.1, -0.05) is 6.07 Å². The molecule has 0 spiro atoms. The van der Waals surface area contributed by atoms with Gasteiger partial charge < -0.3 is 24.4 Å². The van der Waals surface area contributed by atoms with E-state index in [-0.39, 0.29) is 24.5 Å². The number of carbonyl (C=O) groups is 2. The summed E-state index contributed by atoms with van der Waals surface area (Å²) in [4.78, 5) is 26.7. The van der Waals surface area contributed by atoms with E-state index in [4.69, 9.17) is 14.2 Å². The lowest BCUT2D eigenvalue weighted by Crippen LogP contribution is -2.36. The topological polar surface area (TPSA) is 77.1 Å². The highest BCUT2D eigenvalue weighted by molar-refractivity contribution is 5.98. The minimum atomic E-state index is -0.281. The molecule has 0 aliphatic carbocycles. The molecule has 0 aromatic heterocycles. The molecule has 3 rings (SSSR count). The lowest BCUT2D eigenvalue weighted by molar-refractivity contribution is -0.130. The Balaban J connectivity index is 1.68. The normalized spacial score (nSPS) is 14.6. The minimum Gasteiger partial charge on any atom is -0.497 e. The predicted octanol–water partition coefficient (Wildman–Crippen LogP) is 3.92. The zero-order valence-electron chi connectivity index (χ0n) is 19.0. The molecule has 0 radical (unpaired) electrons. The molecule has 1 unspecified atom stereocenters. The third kappa shape index (κ3) is 5.81. The van der Waals surface area contributed by atoms with Gasteiger partial charge in [0.2, 0.25) is 11.8 Å². The van der Waals surface area contributed by atoms with Crippen molar-refractivity contribution < 1.29 is 23.8 Å². The summed E-state index contributed by atoms with van der Waals surface area (Å²) in [6.07, 6.45) is 4.14. The van der Waals surface area contributed by atoms with Gasteiger partial charge in [0.1, 0.15) is 29.9 Å². The number of anilines is 1. The number of hydrogen-bond donors (Lipinski definition) is 1. The summed E-state index contributed by atoms with van der Waals surface area (Å²) >= 11 is 0. The van der Waals surface area contributed by atoms with E-state index >= 15 is 0 Å². The van der Waals surface area contributed by atoms with E-state index in [9.17, 15) is 9.59 Å². The molecule has 0 fully saturated rings. The first-order chi connectivity index (χ1) is 15.4. The van der Waals surface area contributed by atoms with E-state index in [0.717, 1.165) is 23.3 Å². The second-order valence-corrected chi connectivity index (χ2v) is 7.53. The van der Waals surface area contributed by atoms with Crippen molar-refractivity contribution in [3.05, 3.63) is 53.6 Å². The lowest BCUT2D eigenvalue weighted by atomic mass is 10.1. The highest BCUT2D eigenvalue weighted by Gasteiger charge is 2.21. The summed E-state index contributed by atoms with van der Waals surface area (Å²) in [7, 11) is 1.56. The number of methoxy groups -OCH3 is 1. The van der Waals surface area contributed by atoms with Crippen molar-refractivity contribution in [2.45, 2.75) is 33.3 Å². The van der Waals surface area contributed by atoms with Gasteiger partial charge in [-0.2, -0.15) is 0 Å². The first-order valence-corrected chi connectivity index (χ1v) is 10.8. The molecule has 7 nitrogen and oxygen atoms in total. The number of amides is 2. The molecule has 0 bridgehead atoms. The quantitative estimate of drug-likeness (QED) is 0.601. The Morgan fingerprint density at radius 3 is 2.78 bits per heavy atom. The van der Waals surface area contributed by atoms with E-state index in [1.54, 1.807) is 37.5 Å². The number of nitrogens with one attached hydrogen (secondary N) is 1. The molecular formula is C25H30N2O5. The fourth-order valence-electron chi connectivity index (χ4n) is 3.55. The maximum Gasteiger partial charge on any atom is 0.247 e. The highest BCUT2D eigenvalue weighted by Crippen LogP contribution is 2.35. The van der Waals surface area contributed by atoms with Crippen LogP contribution in [-0.4, -0.2) is 49.6 Å². The number of hydrogen-bond acceptors (Lipinski definition) is 5. The van der Waals surface area contributed by atoms with Gasteiger partial charge in [0.15, 0.2) is 0 Å². The first-order valence-electron chi connectivity index (χ1n) is 10.8. The van der Waals surface area contributed by atoms with Crippen molar-refractivity contribution in [2.24, 2.45) is 0 Å². The van der Waals surface area contributed by atoms with Crippen LogP contribution < -0.4 is 19.5 Å². The van der Waals surface area contributed by atoms with Gasteiger partial charge >= 0.3 is 0 Å². The Morgan fingerprint density at radius 2 is 2.06 bits per heavy atom. The van der Waals surface area contributed by atoms with Gasteiger partial charge in [-0.05, 0) is 51.1 Å². The number of ether oxygens (including phenoxy) is 3. The van der Waals surface area contributed by atoms with Crippen molar-refractivity contribution in [3.8, 4) is 17.2 Å². The van der Waals surface area contributed by atoms with Gasteiger partial charge in [0.25, 0.3) is 0 Å². The highest BCUT2D eigenvalue weighted by atomic mass is 16.5. The van der Waals surface area contributed by atoms with Crippen LogP contribution in [0.15, 0.2) is 42.5 Å². The molecule has 0 saturated heterocycles. The van der Waals surface area contributed by atoms with Gasteiger partial charge in [-0.3, -0.25) is 9.59 Å². The van der Waals surface area contributed by atoms with Crippen LogP contribution in [0.2, 0.25) is 0 Å². The fourth-order valence-corrected chi connectivity index (χ4v) is 3.55. The minimum absolute atomic E-state index is 0.0555. The molecule has 32 heavy (non-hydrogen) atoms. The fraction of sp³-hybridized carbons (Fsp3) is 0.360. The molecule has 1 aliphatic rings. The molecule has 0 saturated carbocycles. The molecule has 2 aromatic rings. The van der Waals surface area contributed by atoms with Crippen LogP contribution in [0.25, 0.3) is 6.08 Å². The number of fused-ring (bicyclic) bond motifs is 1. The largest absolute Gasteiger partial charge is 0.497 e. The van der Waals surface area contributed by atoms with E-state index in [2.05, 4.69) is 5.32 Å². The molecule has 1 aliphatic heterocycles. The van der Waals surface area contributed by atoms with Crippen LogP contribution in [0.1, 0.15) is 31.9 Å². The van der Waals surface area contributed by atoms with E-state index in [0.29, 0.717) is 30.3 Å². The van der Waals surface area contributed by atoms with Crippen LogP contribution in [-0.2, 0) is 16.0 Å². The molecule has 2 amide bonds. The zero-order chi connectivity index (χ0) is 23.1. The standard InChI is InChI=1S/C25H30N2O5/c1-5-27(16-24(28)26-20-8-7-9-21(15-20)30-4)25(29)11-10-18-13-23-19(12-17(3)32-23)14-22(18)31-6-2/h7-11,13-15,17H,5-6,12,16H2,1-4H3,(H,26,28)/b11-10+. The van der Waals surface area contributed by atoms with Crippen molar-refractivity contribution in [2.75, 3.05) is 32.1 Å². The van der Waals surface area contributed by atoms with Crippen LogP contribution in [0, 0.1) is 0 Å². The average Bonchev–Trinajstić information content (AvgIpc) is 3.14. The second kappa shape index (κ2) is 10.7. The number of nitrogens with zero attached hydrogens (tertiary/aromatic N) is 1. The van der Waals surface area contributed by atoms with Crippen LogP contribution in [0.4, 0.5) is 5.69 Å². The van der Waals surface area contributed by atoms with E-state index in [1.165, 1.54) is 11.0 Å². The van der Waals surface area contributed by atoms with Crippen LogP contribution in [0.3, 0.4) is 0 Å². The maximum atomic E-state index is 12.8. The molecule has 7 heteroatoms. The number of likely N-dealkylation sites (N-methyl/N-ethyl adjacent to an activating group) is 1. The number of rotatable bonds is 9. The third-order valence-corrected chi connectivity index (χ3v) is 5.12. The van der Waals surface area contributed by atoms with Crippen molar-refractivity contribution in [3.63, 3.8) is 0 Å². The van der Waals surface area contributed by atoms with Gasteiger partial charge in [-0.15, -0.1) is 0 Å². The first kappa shape index (κ1) is 23.2. The van der Waals surface area contributed by atoms with Gasteiger partial charge in [0, 0.05) is 41.9 Å². The Kier molecular flexibility index (Phi) is 7.76. The molecule has 170 valence electrons. The monoisotopic (exact) mass is 438 g/mol. The van der Waals surface area contributed by atoms with Crippen molar-refractivity contribution in [1.82, 2.24) is 4.90 Å². The number of carbonyl (C=O) groups excluding carboxylic acids is 2. The van der Waals surface area contributed by atoms with Crippen LogP contribution >= 0.6 is 0 Å². The van der Waals surface area contributed by atoms with E-state index < -0.39 is 0 Å². The third-order valence-electron chi connectivity index (χ3n) is 5.12. The Hall–Kier alpha value is -3.48. The summed E-state index contributed by atoms with van der Waals surface area (Å²) in [5, 5.41) is 2.79. The summed E-state index contributed by atoms with van der Waals surface area (Å²) in [5.74, 6) is 1.64.